The third-order valence-corrected chi connectivity index (χ3v) is 7.12. The van der Waals surface area contributed by atoms with Crippen molar-refractivity contribution in [2.45, 2.75) is 13.3 Å². The second-order valence-electron chi connectivity index (χ2n) is 9.80. The molecular formula is C32H30Cl2N6O2. The number of anilines is 3. The molecule has 2 heterocycles. The van der Waals surface area contributed by atoms with Gasteiger partial charge >= 0.3 is 0 Å². The van der Waals surface area contributed by atoms with Crippen molar-refractivity contribution in [3.05, 3.63) is 102 Å². The van der Waals surface area contributed by atoms with Gasteiger partial charge in [-0.2, -0.15) is 0 Å². The molecule has 5 aromatic rings. The van der Waals surface area contributed by atoms with Crippen LogP contribution in [-0.4, -0.2) is 51.6 Å². The number of amides is 2. The van der Waals surface area contributed by atoms with Crippen molar-refractivity contribution >= 4 is 63.1 Å². The van der Waals surface area contributed by atoms with E-state index in [1.54, 1.807) is 24.5 Å². The Morgan fingerprint density at radius 2 is 1.64 bits per heavy atom. The lowest BCUT2D eigenvalue weighted by atomic mass is 10.1. The van der Waals surface area contributed by atoms with Gasteiger partial charge in [-0.05, 0) is 78.7 Å². The first-order valence-corrected chi connectivity index (χ1v) is 14.6. The number of H-pyrrole nitrogens is 1. The van der Waals surface area contributed by atoms with E-state index in [2.05, 4.69) is 25.5 Å². The molecule has 3 N–H and O–H groups in total. The molecule has 10 heteroatoms. The normalized spacial score (nSPS) is 10.9. The summed E-state index contributed by atoms with van der Waals surface area (Å²) in [5.74, 6) is 1.29. The maximum atomic E-state index is 13.1. The number of aryl methyl sites for hydroxylation is 1. The van der Waals surface area contributed by atoms with Crippen LogP contribution in [0.1, 0.15) is 21.5 Å². The number of nitrogens with one attached hydrogen (secondary N) is 3. The van der Waals surface area contributed by atoms with Gasteiger partial charge in [0.15, 0.2) is 0 Å². The number of rotatable bonds is 11. The molecule has 8 nitrogen and oxygen atoms in total. The zero-order valence-corrected chi connectivity index (χ0v) is 24.5. The molecule has 0 aliphatic heterocycles. The number of hydrogen-bond acceptors (Lipinski definition) is 5. The van der Waals surface area contributed by atoms with Crippen molar-refractivity contribution in [3.63, 3.8) is 0 Å². The van der Waals surface area contributed by atoms with Crippen molar-refractivity contribution in [2.75, 3.05) is 40.4 Å². The van der Waals surface area contributed by atoms with E-state index in [4.69, 9.17) is 28.2 Å². The van der Waals surface area contributed by atoms with Gasteiger partial charge in [-0.3, -0.25) is 14.6 Å². The van der Waals surface area contributed by atoms with Gasteiger partial charge in [-0.1, -0.05) is 12.1 Å². The topological polar surface area (TPSA) is 103 Å². The fourth-order valence-electron chi connectivity index (χ4n) is 4.77. The second kappa shape index (κ2) is 13.5. The van der Waals surface area contributed by atoms with Gasteiger partial charge in [-0.25, -0.2) is 4.98 Å². The summed E-state index contributed by atoms with van der Waals surface area (Å²) in [6.45, 7) is 3.38. The molecule has 0 aliphatic rings. The van der Waals surface area contributed by atoms with Crippen LogP contribution in [0.2, 0.25) is 0 Å². The van der Waals surface area contributed by atoms with E-state index in [1.807, 2.05) is 67.6 Å². The first-order chi connectivity index (χ1) is 20.4. The number of fused-ring (bicyclic) bond motifs is 1. The molecule has 0 unspecified atom stereocenters. The molecule has 0 saturated carbocycles. The Balaban J connectivity index is 1.28. The van der Waals surface area contributed by atoms with Gasteiger partial charge in [-0.15, -0.1) is 23.2 Å². The van der Waals surface area contributed by atoms with Gasteiger partial charge in [0.05, 0.1) is 17.5 Å². The number of aromatic amines is 1. The molecule has 5 rings (SSSR count). The number of carbonyl (C=O) groups is 2. The lowest BCUT2D eigenvalue weighted by molar-refractivity contribution is -0.115. The Morgan fingerprint density at radius 1 is 0.881 bits per heavy atom. The van der Waals surface area contributed by atoms with Crippen LogP contribution in [0.25, 0.3) is 22.4 Å². The fourth-order valence-corrected chi connectivity index (χ4v) is 5.18. The molecule has 42 heavy (non-hydrogen) atoms. The summed E-state index contributed by atoms with van der Waals surface area (Å²) >= 11 is 11.9. The van der Waals surface area contributed by atoms with Crippen LogP contribution in [0, 0.1) is 6.92 Å². The van der Waals surface area contributed by atoms with E-state index in [1.165, 1.54) is 0 Å². The van der Waals surface area contributed by atoms with Crippen LogP contribution >= 0.6 is 23.2 Å². The average molecular weight is 602 g/mol. The summed E-state index contributed by atoms with van der Waals surface area (Å²) in [4.78, 5) is 39.8. The molecule has 0 radical (unpaired) electrons. The lowest BCUT2D eigenvalue weighted by Crippen LogP contribution is -2.28. The Hall–Kier alpha value is -4.40. The summed E-state index contributed by atoms with van der Waals surface area (Å²) in [6, 6.07) is 22.3. The summed E-state index contributed by atoms with van der Waals surface area (Å²) in [6.07, 6.45) is 3.59. The van der Waals surface area contributed by atoms with E-state index < -0.39 is 0 Å². The minimum Gasteiger partial charge on any atom is -0.369 e. The quantitative estimate of drug-likeness (QED) is 0.147. The number of benzene rings is 3. The van der Waals surface area contributed by atoms with E-state index in [0.29, 0.717) is 53.1 Å². The monoisotopic (exact) mass is 600 g/mol. The Morgan fingerprint density at radius 3 is 2.38 bits per heavy atom. The third kappa shape index (κ3) is 7.08. The Kier molecular flexibility index (Phi) is 9.36. The minimum absolute atomic E-state index is 0.119. The highest BCUT2D eigenvalue weighted by Crippen LogP contribution is 2.26. The highest BCUT2D eigenvalue weighted by atomic mass is 35.5. The largest absolute Gasteiger partial charge is 0.369 e. The number of carbonyl (C=O) groups excluding carboxylic acids is 2. The smallest absolute Gasteiger partial charge is 0.255 e. The van der Waals surface area contributed by atoms with Crippen molar-refractivity contribution in [1.29, 1.82) is 0 Å². The molecular weight excluding hydrogens is 571 g/mol. The van der Waals surface area contributed by atoms with Crippen molar-refractivity contribution in [2.24, 2.45) is 0 Å². The molecule has 0 saturated heterocycles. The molecule has 2 amide bonds. The second-order valence-corrected chi connectivity index (χ2v) is 10.6. The van der Waals surface area contributed by atoms with Crippen LogP contribution in [0.3, 0.4) is 0 Å². The van der Waals surface area contributed by atoms with Crippen molar-refractivity contribution in [1.82, 2.24) is 15.0 Å². The molecule has 0 fully saturated rings. The summed E-state index contributed by atoms with van der Waals surface area (Å²) in [7, 11) is 0. The number of nitrogens with zero attached hydrogens (tertiary/aromatic N) is 3. The van der Waals surface area contributed by atoms with Gasteiger partial charge in [0.25, 0.3) is 5.91 Å². The van der Waals surface area contributed by atoms with Crippen LogP contribution in [0.15, 0.2) is 85.2 Å². The maximum Gasteiger partial charge on any atom is 0.255 e. The first kappa shape index (κ1) is 29.1. The minimum atomic E-state index is -0.231. The van der Waals surface area contributed by atoms with E-state index in [-0.39, 0.29) is 18.2 Å². The Bertz CT molecular complexity index is 1700. The van der Waals surface area contributed by atoms with Gasteiger partial charge in [0.2, 0.25) is 5.91 Å². The van der Waals surface area contributed by atoms with Crippen LogP contribution in [-0.2, 0) is 11.2 Å². The van der Waals surface area contributed by atoms with Crippen LogP contribution in [0.5, 0.6) is 0 Å². The average Bonchev–Trinajstić information content (AvgIpc) is 3.42. The molecule has 0 spiro atoms. The number of aromatic nitrogens is 3. The fraction of sp³-hybridized carbons (Fsp3) is 0.188. The molecule has 3 aromatic carbocycles. The number of alkyl halides is 2. The zero-order chi connectivity index (χ0) is 29.5. The standard InChI is InChI=1S/C32H30Cl2N6O2/c1-21-17-26(6-8-29(21)40(15-11-33)16-12-34)37-32(42)24-5-7-27-28(20-24)39-31(38-27)23-3-2-4-25(19-23)36-30(41)18-22-9-13-35-14-10-22/h2-10,13-14,17,19-20H,11-12,15-16,18H2,1H3,(H,36,41)(H,37,42)(H,38,39). The molecule has 0 bridgehead atoms. The highest BCUT2D eigenvalue weighted by Gasteiger charge is 2.14. The Labute approximate surface area is 254 Å². The van der Waals surface area contributed by atoms with Crippen LogP contribution < -0.4 is 15.5 Å². The van der Waals surface area contributed by atoms with Gasteiger partial charge < -0.3 is 20.5 Å². The number of pyridine rings is 1. The predicted molar refractivity (Wildman–Crippen MR) is 171 cm³/mol. The van der Waals surface area contributed by atoms with E-state index in [0.717, 1.165) is 27.9 Å². The number of halogens is 2. The van der Waals surface area contributed by atoms with Crippen molar-refractivity contribution in [3.8, 4) is 11.4 Å². The summed E-state index contributed by atoms with van der Waals surface area (Å²) in [5.41, 5.74) is 7.08. The predicted octanol–water partition coefficient (Wildman–Crippen LogP) is 6.65. The van der Waals surface area contributed by atoms with E-state index >= 15 is 0 Å². The summed E-state index contributed by atoms with van der Waals surface area (Å²) in [5, 5.41) is 5.92. The number of hydrogen-bond donors (Lipinski definition) is 3. The highest BCUT2D eigenvalue weighted by molar-refractivity contribution is 6.18. The molecule has 214 valence electrons. The number of imidazole rings is 1. The summed E-state index contributed by atoms with van der Waals surface area (Å²) < 4.78 is 0. The van der Waals surface area contributed by atoms with Crippen LogP contribution in [0.4, 0.5) is 17.1 Å². The first-order valence-electron chi connectivity index (χ1n) is 13.5. The van der Waals surface area contributed by atoms with Gasteiger partial charge in [0.1, 0.15) is 5.82 Å². The lowest BCUT2D eigenvalue weighted by Gasteiger charge is -2.25. The third-order valence-electron chi connectivity index (χ3n) is 6.78. The van der Waals surface area contributed by atoms with Crippen molar-refractivity contribution < 1.29 is 9.59 Å². The van der Waals surface area contributed by atoms with Gasteiger partial charge in [0, 0.05) is 65.4 Å². The zero-order valence-electron chi connectivity index (χ0n) is 23.0. The van der Waals surface area contributed by atoms with E-state index in [9.17, 15) is 9.59 Å². The SMILES string of the molecule is Cc1cc(NC(=O)c2ccc3[nH]c(-c4cccc(NC(=O)Cc5ccncc5)c4)nc3c2)ccc1N(CCCl)CCCl. The molecule has 0 atom stereocenters. The molecule has 2 aromatic heterocycles. The maximum absolute atomic E-state index is 13.1. The molecule has 0 aliphatic carbocycles.